The van der Waals surface area contributed by atoms with E-state index in [1.165, 1.54) is 19.1 Å². The number of hydrogen-bond donors (Lipinski definition) is 3. The third kappa shape index (κ3) is 1.96. The molecule has 5 nitrogen and oxygen atoms in total. The summed E-state index contributed by atoms with van der Waals surface area (Å²) < 4.78 is 13.3. The summed E-state index contributed by atoms with van der Waals surface area (Å²) in [5, 5.41) is 24.3. The van der Waals surface area contributed by atoms with Crippen molar-refractivity contribution in [2.24, 2.45) is 0 Å². The minimum absolute atomic E-state index is 0.125. The molecule has 17 heavy (non-hydrogen) atoms. The van der Waals surface area contributed by atoms with E-state index >= 15 is 0 Å². The van der Waals surface area contributed by atoms with Crippen molar-refractivity contribution in [3.05, 3.63) is 35.3 Å². The fourth-order valence-corrected chi connectivity index (χ4v) is 1.44. The van der Waals surface area contributed by atoms with E-state index in [0.29, 0.717) is 5.56 Å². The second-order valence-electron chi connectivity index (χ2n) is 3.59. The summed E-state index contributed by atoms with van der Waals surface area (Å²) in [5.41, 5.74) is 0.510. The quantitative estimate of drug-likeness (QED) is 0.743. The molecule has 2 rings (SSSR count). The van der Waals surface area contributed by atoms with E-state index in [-0.39, 0.29) is 22.7 Å². The molecule has 0 fully saturated rings. The van der Waals surface area contributed by atoms with Gasteiger partial charge in [-0.05, 0) is 30.7 Å². The molecule has 0 saturated heterocycles. The molecule has 0 aliphatic carbocycles. The molecule has 0 unspecified atom stereocenters. The molecule has 0 radical (unpaired) electrons. The topological polar surface area (TPSA) is 86.2 Å². The highest BCUT2D eigenvalue weighted by atomic mass is 19.1. The Morgan fingerprint density at radius 3 is 2.71 bits per heavy atom. The predicted molar refractivity (Wildman–Crippen MR) is 57.3 cm³/mol. The van der Waals surface area contributed by atoms with Crippen molar-refractivity contribution in [3.63, 3.8) is 0 Å². The van der Waals surface area contributed by atoms with Gasteiger partial charge in [-0.1, -0.05) is 0 Å². The zero-order valence-electron chi connectivity index (χ0n) is 8.86. The van der Waals surface area contributed by atoms with Crippen molar-refractivity contribution in [2.45, 2.75) is 6.92 Å². The first-order valence-electron chi connectivity index (χ1n) is 4.77. The summed E-state index contributed by atoms with van der Waals surface area (Å²) >= 11 is 0. The summed E-state index contributed by atoms with van der Waals surface area (Å²) in [7, 11) is 0. The molecule has 0 bridgehead atoms. The lowest BCUT2D eigenvalue weighted by Gasteiger charge is -2.03. The zero-order valence-corrected chi connectivity index (χ0v) is 8.86. The van der Waals surface area contributed by atoms with Crippen LogP contribution in [0, 0.1) is 12.7 Å². The maximum absolute atomic E-state index is 13.3. The van der Waals surface area contributed by atoms with Crippen molar-refractivity contribution in [3.8, 4) is 17.0 Å². The van der Waals surface area contributed by atoms with Crippen molar-refractivity contribution < 1.29 is 19.4 Å². The van der Waals surface area contributed by atoms with Crippen LogP contribution in [0.4, 0.5) is 4.39 Å². The molecular formula is C11H9FN2O3. The summed E-state index contributed by atoms with van der Waals surface area (Å²) in [6.45, 7) is 1.52. The lowest BCUT2D eigenvalue weighted by Crippen LogP contribution is -1.95. The van der Waals surface area contributed by atoms with Gasteiger partial charge in [-0.2, -0.15) is 5.10 Å². The Hall–Kier alpha value is -2.37. The maximum Gasteiger partial charge on any atom is 0.353 e. The second kappa shape index (κ2) is 3.89. The summed E-state index contributed by atoms with van der Waals surface area (Å²) in [6.07, 6.45) is 0. The van der Waals surface area contributed by atoms with E-state index < -0.39 is 11.8 Å². The number of nitrogens with zero attached hydrogens (tertiary/aromatic N) is 1. The zero-order chi connectivity index (χ0) is 12.6. The first-order valence-corrected chi connectivity index (χ1v) is 4.77. The van der Waals surface area contributed by atoms with Crippen LogP contribution in [0.15, 0.2) is 18.2 Å². The molecule has 88 valence electrons. The van der Waals surface area contributed by atoms with E-state index in [1.54, 1.807) is 0 Å². The lowest BCUT2D eigenvalue weighted by molar-refractivity contribution is 0.0690. The highest BCUT2D eigenvalue weighted by molar-refractivity contribution is 5.87. The van der Waals surface area contributed by atoms with Crippen LogP contribution in [0.3, 0.4) is 0 Å². The van der Waals surface area contributed by atoms with E-state index in [9.17, 15) is 14.3 Å². The van der Waals surface area contributed by atoms with Gasteiger partial charge in [-0.3, -0.25) is 5.10 Å². The van der Waals surface area contributed by atoms with Crippen molar-refractivity contribution in [1.82, 2.24) is 10.2 Å². The number of phenols is 1. The number of benzene rings is 1. The summed E-state index contributed by atoms with van der Waals surface area (Å²) in [5.74, 6) is -1.80. The van der Waals surface area contributed by atoms with E-state index in [2.05, 4.69) is 10.2 Å². The van der Waals surface area contributed by atoms with Gasteiger partial charge in [0.25, 0.3) is 0 Å². The van der Waals surface area contributed by atoms with Gasteiger partial charge in [0.05, 0.1) is 5.69 Å². The van der Waals surface area contributed by atoms with Crippen molar-refractivity contribution in [1.29, 1.82) is 0 Å². The average molecular weight is 236 g/mol. The predicted octanol–water partition coefficient (Wildman–Crippen LogP) is 1.93. The highest BCUT2D eigenvalue weighted by Gasteiger charge is 2.14. The van der Waals surface area contributed by atoms with Crippen molar-refractivity contribution in [2.75, 3.05) is 0 Å². The molecule has 1 aromatic heterocycles. The number of aromatic nitrogens is 2. The van der Waals surface area contributed by atoms with Gasteiger partial charge in [-0.15, -0.1) is 0 Å². The Kier molecular flexibility index (Phi) is 2.55. The van der Waals surface area contributed by atoms with Crippen LogP contribution in [0.1, 0.15) is 16.1 Å². The molecule has 0 atom stereocenters. The Morgan fingerprint density at radius 2 is 2.12 bits per heavy atom. The number of aryl methyl sites for hydroxylation is 1. The molecule has 0 aliphatic heterocycles. The monoisotopic (exact) mass is 236 g/mol. The number of nitrogens with one attached hydrogen (secondary N) is 1. The number of aromatic carboxylic acids is 1. The minimum Gasteiger partial charge on any atom is -0.507 e. The normalized spacial score (nSPS) is 10.5. The first-order chi connectivity index (χ1) is 7.99. The second-order valence-corrected chi connectivity index (χ2v) is 3.59. The number of aromatic hydroxyl groups is 1. The largest absolute Gasteiger partial charge is 0.507 e. The fourth-order valence-electron chi connectivity index (χ4n) is 1.44. The Bertz CT molecular complexity index is 592. The molecule has 0 aliphatic rings. The molecular weight excluding hydrogens is 227 g/mol. The molecule has 2 aromatic rings. The van der Waals surface area contributed by atoms with Crippen LogP contribution in [0.5, 0.6) is 5.75 Å². The van der Waals surface area contributed by atoms with Gasteiger partial charge in [0, 0.05) is 5.56 Å². The highest BCUT2D eigenvalue weighted by Crippen LogP contribution is 2.30. The van der Waals surface area contributed by atoms with Gasteiger partial charge in [-0.25, -0.2) is 9.18 Å². The van der Waals surface area contributed by atoms with Crippen molar-refractivity contribution >= 4 is 5.97 Å². The number of carboxylic acid groups (broad SMARTS) is 1. The Balaban J connectivity index is 2.52. The van der Waals surface area contributed by atoms with Gasteiger partial charge in [0.15, 0.2) is 0 Å². The van der Waals surface area contributed by atoms with E-state index in [4.69, 9.17) is 5.11 Å². The average Bonchev–Trinajstić information content (AvgIpc) is 2.72. The third-order valence-corrected chi connectivity index (χ3v) is 2.36. The Morgan fingerprint density at radius 1 is 1.41 bits per heavy atom. The molecule has 0 amide bonds. The molecule has 0 spiro atoms. The minimum atomic E-state index is -1.17. The first kappa shape index (κ1) is 11.1. The fraction of sp³-hybridized carbons (Fsp3) is 0.0909. The molecule has 3 N–H and O–H groups in total. The number of halogens is 1. The standard InChI is InChI=1S/C11H9FN2O3/c1-5-2-10(15)6(3-7(5)12)8-4-9(11(16)17)14-13-8/h2-4,15H,1H3,(H,13,14)(H,16,17). The number of hydrogen-bond acceptors (Lipinski definition) is 3. The molecule has 6 heteroatoms. The van der Waals surface area contributed by atoms with Crippen LogP contribution < -0.4 is 0 Å². The molecule has 1 aromatic carbocycles. The number of carboxylic acids is 1. The SMILES string of the molecule is Cc1cc(O)c(-c2cc(C(=O)O)[nH]n2)cc1F. The Labute approximate surface area is 95.5 Å². The van der Waals surface area contributed by atoms with Crippen LogP contribution in [-0.2, 0) is 0 Å². The van der Waals surface area contributed by atoms with Gasteiger partial charge in [0.1, 0.15) is 17.3 Å². The molecule has 1 heterocycles. The van der Waals surface area contributed by atoms with Crippen LogP contribution in [-0.4, -0.2) is 26.4 Å². The summed E-state index contributed by atoms with van der Waals surface area (Å²) in [4.78, 5) is 10.6. The van der Waals surface area contributed by atoms with Gasteiger partial charge in [0.2, 0.25) is 0 Å². The number of phenolic OH excluding ortho intramolecular Hbond substituents is 1. The van der Waals surface area contributed by atoms with Crippen LogP contribution in [0.2, 0.25) is 0 Å². The van der Waals surface area contributed by atoms with Crippen LogP contribution >= 0.6 is 0 Å². The van der Waals surface area contributed by atoms with Gasteiger partial charge >= 0.3 is 5.97 Å². The van der Waals surface area contributed by atoms with E-state index in [1.807, 2.05) is 0 Å². The number of carbonyl (C=O) groups is 1. The van der Waals surface area contributed by atoms with Gasteiger partial charge < -0.3 is 10.2 Å². The maximum atomic E-state index is 13.3. The lowest BCUT2D eigenvalue weighted by atomic mass is 10.1. The number of H-pyrrole nitrogens is 1. The van der Waals surface area contributed by atoms with E-state index in [0.717, 1.165) is 6.07 Å². The number of rotatable bonds is 2. The summed E-state index contributed by atoms with van der Waals surface area (Å²) in [6, 6.07) is 3.61. The smallest absolute Gasteiger partial charge is 0.353 e. The van der Waals surface area contributed by atoms with Crippen LogP contribution in [0.25, 0.3) is 11.3 Å². The number of aromatic amines is 1. The molecule has 0 saturated carbocycles. The third-order valence-electron chi connectivity index (χ3n) is 2.36.